The molecule has 18 heavy (non-hydrogen) atoms. The second-order valence-electron chi connectivity index (χ2n) is 4.37. The molecule has 0 saturated heterocycles. The molecule has 1 amide bonds. The maximum atomic E-state index is 11.9. The Morgan fingerprint density at radius 2 is 1.94 bits per heavy atom. The van der Waals surface area contributed by atoms with Crippen molar-refractivity contribution < 1.29 is 23.1 Å². The maximum Gasteiger partial charge on any atom is 0.405 e. The molecule has 0 aromatic rings. The van der Waals surface area contributed by atoms with Gasteiger partial charge in [0, 0.05) is 12.3 Å². The van der Waals surface area contributed by atoms with E-state index in [4.69, 9.17) is 0 Å². The normalized spacial score (nSPS) is 17.1. The minimum Gasteiger partial charge on any atom is -0.388 e. The summed E-state index contributed by atoms with van der Waals surface area (Å²) in [7, 11) is 0. The number of hydrogen-bond donors (Lipinski definition) is 3. The Balaban J connectivity index is 4.02. The molecule has 0 bridgehead atoms. The van der Waals surface area contributed by atoms with Gasteiger partial charge in [0.25, 0.3) is 0 Å². The Kier molecular flexibility index (Phi) is 7.01. The lowest BCUT2D eigenvalue weighted by Gasteiger charge is -2.25. The van der Waals surface area contributed by atoms with E-state index in [0.29, 0.717) is 5.75 Å². The van der Waals surface area contributed by atoms with Crippen molar-refractivity contribution in [1.82, 2.24) is 10.6 Å². The number of thioether (sulfide) groups is 1. The van der Waals surface area contributed by atoms with Gasteiger partial charge in [-0.05, 0) is 20.1 Å². The average Bonchev–Trinajstić information content (AvgIpc) is 2.21. The van der Waals surface area contributed by atoms with E-state index in [9.17, 15) is 23.1 Å². The van der Waals surface area contributed by atoms with E-state index in [2.05, 4.69) is 5.32 Å². The quantitative estimate of drug-likeness (QED) is 0.647. The summed E-state index contributed by atoms with van der Waals surface area (Å²) in [6.07, 6.45) is -2.59. The number of rotatable bonds is 7. The molecule has 108 valence electrons. The number of carbonyl (C=O) groups excluding carboxylic acids is 1. The minimum atomic E-state index is -4.42. The molecule has 0 aliphatic rings. The van der Waals surface area contributed by atoms with Crippen molar-refractivity contribution in [1.29, 1.82) is 0 Å². The number of amides is 1. The third kappa shape index (κ3) is 8.60. The largest absolute Gasteiger partial charge is 0.405 e. The molecule has 0 rings (SSSR count). The first-order valence-electron chi connectivity index (χ1n) is 5.36. The van der Waals surface area contributed by atoms with Crippen molar-refractivity contribution in [3.8, 4) is 0 Å². The lowest BCUT2D eigenvalue weighted by atomic mass is 10.1. The topological polar surface area (TPSA) is 61.4 Å². The molecule has 4 nitrogen and oxygen atoms in total. The van der Waals surface area contributed by atoms with E-state index < -0.39 is 30.3 Å². The second kappa shape index (κ2) is 7.20. The van der Waals surface area contributed by atoms with Crippen molar-refractivity contribution >= 4 is 17.7 Å². The molecule has 0 spiro atoms. The van der Waals surface area contributed by atoms with Crippen molar-refractivity contribution in [3.05, 3.63) is 0 Å². The van der Waals surface area contributed by atoms with Crippen LogP contribution >= 0.6 is 11.8 Å². The van der Waals surface area contributed by atoms with Crippen LogP contribution in [-0.4, -0.2) is 53.9 Å². The highest BCUT2D eigenvalue weighted by Gasteiger charge is 2.29. The van der Waals surface area contributed by atoms with E-state index >= 15 is 0 Å². The van der Waals surface area contributed by atoms with Crippen LogP contribution in [-0.2, 0) is 4.79 Å². The first-order chi connectivity index (χ1) is 8.07. The predicted molar refractivity (Wildman–Crippen MR) is 65.5 cm³/mol. The zero-order valence-electron chi connectivity index (χ0n) is 10.6. The van der Waals surface area contributed by atoms with Crippen LogP contribution in [0.4, 0.5) is 13.2 Å². The molecule has 0 aliphatic heterocycles. The maximum absolute atomic E-state index is 11.9. The second-order valence-corrected chi connectivity index (χ2v) is 5.23. The minimum absolute atomic E-state index is 0.133. The summed E-state index contributed by atoms with van der Waals surface area (Å²) in [6, 6.07) is -0.791. The summed E-state index contributed by atoms with van der Waals surface area (Å²) in [5.41, 5.74) is -1.00. The van der Waals surface area contributed by atoms with E-state index in [1.807, 2.05) is 6.26 Å². The summed E-state index contributed by atoms with van der Waals surface area (Å²) in [5, 5.41) is 14.3. The first kappa shape index (κ1) is 17.5. The molecular formula is C10H19F3N2O2S. The molecule has 2 atom stereocenters. The van der Waals surface area contributed by atoms with Crippen LogP contribution in [0, 0.1) is 0 Å². The van der Waals surface area contributed by atoms with Gasteiger partial charge in [-0.3, -0.25) is 4.79 Å². The van der Waals surface area contributed by atoms with Gasteiger partial charge in [-0.15, -0.1) is 0 Å². The molecule has 0 radical (unpaired) electrons. The van der Waals surface area contributed by atoms with Gasteiger partial charge in [0.15, 0.2) is 0 Å². The number of nitrogens with one attached hydrogen (secondary N) is 2. The van der Waals surface area contributed by atoms with Crippen LogP contribution in [0.15, 0.2) is 0 Å². The van der Waals surface area contributed by atoms with Crippen molar-refractivity contribution in [2.45, 2.75) is 31.7 Å². The van der Waals surface area contributed by atoms with E-state index in [1.54, 1.807) is 12.2 Å². The van der Waals surface area contributed by atoms with Crippen molar-refractivity contribution in [2.24, 2.45) is 0 Å². The first-order valence-corrected chi connectivity index (χ1v) is 6.76. The fourth-order valence-corrected chi connectivity index (χ4v) is 1.89. The monoisotopic (exact) mass is 288 g/mol. The molecule has 0 heterocycles. The lowest BCUT2D eigenvalue weighted by molar-refractivity contribution is -0.139. The Morgan fingerprint density at radius 3 is 2.39 bits per heavy atom. The van der Waals surface area contributed by atoms with E-state index in [0.717, 1.165) is 0 Å². The van der Waals surface area contributed by atoms with Crippen LogP contribution < -0.4 is 10.6 Å². The molecule has 2 unspecified atom stereocenters. The average molecular weight is 288 g/mol. The van der Waals surface area contributed by atoms with Crippen LogP contribution in [0.5, 0.6) is 0 Å². The van der Waals surface area contributed by atoms with E-state index in [-0.39, 0.29) is 6.54 Å². The number of aliphatic hydroxyl groups is 1. The van der Waals surface area contributed by atoms with Gasteiger partial charge in [-0.2, -0.15) is 24.9 Å². The Morgan fingerprint density at radius 1 is 1.39 bits per heavy atom. The summed E-state index contributed by atoms with van der Waals surface area (Å²) in [6.45, 7) is 1.82. The molecule has 0 saturated carbocycles. The van der Waals surface area contributed by atoms with Crippen LogP contribution in [0.2, 0.25) is 0 Å². The molecule has 8 heteroatoms. The molecule has 0 aromatic carbocycles. The smallest absolute Gasteiger partial charge is 0.388 e. The number of halogens is 3. The van der Waals surface area contributed by atoms with Crippen LogP contribution in [0.3, 0.4) is 0 Å². The molecule has 3 N–H and O–H groups in total. The summed E-state index contributed by atoms with van der Waals surface area (Å²) in [4.78, 5) is 11.3. The third-order valence-electron chi connectivity index (χ3n) is 2.10. The van der Waals surface area contributed by atoms with Gasteiger partial charge >= 0.3 is 6.18 Å². The van der Waals surface area contributed by atoms with Crippen molar-refractivity contribution in [3.63, 3.8) is 0 Å². The highest BCUT2D eigenvalue weighted by Crippen LogP contribution is 2.12. The highest BCUT2D eigenvalue weighted by atomic mass is 32.2. The molecule has 0 aliphatic carbocycles. The number of hydrogen-bond acceptors (Lipinski definition) is 4. The van der Waals surface area contributed by atoms with Crippen LogP contribution in [0.25, 0.3) is 0 Å². The lowest BCUT2D eigenvalue weighted by Crippen LogP contribution is -2.50. The Labute approximate surface area is 109 Å². The van der Waals surface area contributed by atoms with Gasteiger partial charge in [-0.1, -0.05) is 0 Å². The third-order valence-corrected chi connectivity index (χ3v) is 3.01. The number of alkyl halides is 3. The summed E-state index contributed by atoms with van der Waals surface area (Å²) < 4.78 is 35.6. The van der Waals surface area contributed by atoms with Crippen LogP contribution in [0.1, 0.15) is 13.8 Å². The Bertz CT molecular complexity index is 272. The highest BCUT2D eigenvalue weighted by molar-refractivity contribution is 7.98. The zero-order valence-corrected chi connectivity index (χ0v) is 11.4. The Hall–Kier alpha value is -0.470. The molecular weight excluding hydrogens is 269 g/mol. The number of carbonyl (C=O) groups is 1. The summed E-state index contributed by atoms with van der Waals surface area (Å²) >= 11 is 1.44. The molecule has 0 fully saturated rings. The fraction of sp³-hybridized carbons (Fsp3) is 0.900. The standard InChI is InChI=1S/C10H19F3N2O2S/c1-7(8(16)15-5-10(11,12)13)14-4-9(2,17)6-18-3/h7,14,17H,4-6H2,1-3H3,(H,15,16). The van der Waals surface area contributed by atoms with Gasteiger partial charge in [-0.25, -0.2) is 0 Å². The zero-order chi connectivity index (χ0) is 14.4. The van der Waals surface area contributed by atoms with Gasteiger partial charge in [0.1, 0.15) is 6.54 Å². The predicted octanol–water partition coefficient (Wildman–Crippen LogP) is 0.757. The van der Waals surface area contributed by atoms with Gasteiger partial charge in [0.05, 0.1) is 11.6 Å². The van der Waals surface area contributed by atoms with Gasteiger partial charge in [0.2, 0.25) is 5.91 Å². The fourth-order valence-electron chi connectivity index (χ4n) is 1.17. The van der Waals surface area contributed by atoms with Crippen molar-refractivity contribution in [2.75, 3.05) is 25.1 Å². The summed E-state index contributed by atoms with van der Waals surface area (Å²) in [5.74, 6) is -0.274. The SMILES string of the molecule is CSCC(C)(O)CNC(C)C(=O)NCC(F)(F)F. The molecule has 0 aromatic heterocycles. The van der Waals surface area contributed by atoms with Gasteiger partial charge < -0.3 is 15.7 Å². The van der Waals surface area contributed by atoms with E-state index in [1.165, 1.54) is 18.7 Å².